The number of H-pyrrole nitrogens is 1. The van der Waals surface area contributed by atoms with E-state index in [2.05, 4.69) is 15.0 Å². The van der Waals surface area contributed by atoms with Gasteiger partial charge in [0.2, 0.25) is 0 Å². The minimum absolute atomic E-state index is 0.0253. The molecule has 4 rings (SSSR count). The monoisotopic (exact) mass is 418 g/mol. The molecular formula is C24H26N4O3. The van der Waals surface area contributed by atoms with Gasteiger partial charge in [0.05, 0.1) is 11.4 Å². The van der Waals surface area contributed by atoms with Gasteiger partial charge in [-0.15, -0.1) is 0 Å². The third-order valence-corrected chi connectivity index (χ3v) is 5.56. The van der Waals surface area contributed by atoms with E-state index in [1.54, 1.807) is 13.1 Å². The van der Waals surface area contributed by atoms with Crippen molar-refractivity contribution >= 4 is 5.91 Å². The second-order valence-corrected chi connectivity index (χ2v) is 7.90. The van der Waals surface area contributed by atoms with Crippen LogP contribution in [-0.4, -0.2) is 45.0 Å². The first-order valence-corrected chi connectivity index (χ1v) is 10.5. The van der Waals surface area contributed by atoms with E-state index < -0.39 is 6.10 Å². The van der Waals surface area contributed by atoms with Crippen molar-refractivity contribution < 1.29 is 9.53 Å². The highest BCUT2D eigenvalue weighted by Crippen LogP contribution is 2.27. The summed E-state index contributed by atoms with van der Waals surface area (Å²) in [5, 5.41) is 0. The molecule has 3 heterocycles. The lowest BCUT2D eigenvalue weighted by atomic mass is 9.95. The van der Waals surface area contributed by atoms with Gasteiger partial charge in [0.25, 0.3) is 11.5 Å². The van der Waals surface area contributed by atoms with Gasteiger partial charge in [0.15, 0.2) is 6.10 Å². The van der Waals surface area contributed by atoms with E-state index >= 15 is 0 Å². The fourth-order valence-corrected chi connectivity index (χ4v) is 3.82. The molecular weight excluding hydrogens is 392 g/mol. The highest BCUT2D eigenvalue weighted by molar-refractivity contribution is 5.81. The van der Waals surface area contributed by atoms with Gasteiger partial charge < -0.3 is 14.6 Å². The van der Waals surface area contributed by atoms with Crippen LogP contribution in [0.25, 0.3) is 11.4 Å². The first-order valence-electron chi connectivity index (χ1n) is 10.5. The number of nitrogens with zero attached hydrogens (tertiary/aromatic N) is 3. The summed E-state index contributed by atoms with van der Waals surface area (Å²) in [6.45, 7) is 4.99. The van der Waals surface area contributed by atoms with Crippen LogP contribution in [0.4, 0.5) is 0 Å². The molecule has 0 aliphatic carbocycles. The van der Waals surface area contributed by atoms with Crippen molar-refractivity contribution in [2.24, 2.45) is 0 Å². The van der Waals surface area contributed by atoms with E-state index in [4.69, 9.17) is 4.74 Å². The molecule has 0 bridgehead atoms. The van der Waals surface area contributed by atoms with E-state index in [0.717, 1.165) is 18.4 Å². The van der Waals surface area contributed by atoms with Crippen LogP contribution in [0.15, 0.2) is 59.5 Å². The molecule has 1 amide bonds. The van der Waals surface area contributed by atoms with Gasteiger partial charge in [-0.25, -0.2) is 4.98 Å². The number of rotatable bonds is 5. The van der Waals surface area contributed by atoms with Crippen LogP contribution >= 0.6 is 0 Å². The van der Waals surface area contributed by atoms with Crippen molar-refractivity contribution in [1.29, 1.82) is 0 Å². The van der Waals surface area contributed by atoms with E-state index in [9.17, 15) is 9.59 Å². The maximum absolute atomic E-state index is 12.8. The second kappa shape index (κ2) is 9.12. The Bertz CT molecular complexity index is 1090. The Hall–Kier alpha value is -3.48. The number of aryl methyl sites for hydroxylation is 1. The number of amides is 1. The van der Waals surface area contributed by atoms with Crippen LogP contribution in [0.5, 0.6) is 5.75 Å². The maximum Gasteiger partial charge on any atom is 0.263 e. The number of hydrogen-bond donors (Lipinski definition) is 1. The van der Waals surface area contributed by atoms with Crippen molar-refractivity contribution in [3.63, 3.8) is 0 Å². The van der Waals surface area contributed by atoms with Crippen LogP contribution in [0, 0.1) is 6.92 Å². The summed E-state index contributed by atoms with van der Waals surface area (Å²) in [6.07, 6.45) is 2.60. The Balaban J connectivity index is 1.39. The number of carbonyl (C=O) groups is 1. The normalized spacial score (nSPS) is 15.5. The van der Waals surface area contributed by atoms with Crippen LogP contribution < -0.4 is 10.3 Å². The number of benzene rings is 1. The Kier molecular flexibility index (Phi) is 6.11. The van der Waals surface area contributed by atoms with Crippen LogP contribution in [-0.2, 0) is 4.79 Å². The molecule has 160 valence electrons. The first kappa shape index (κ1) is 20.8. The SMILES string of the molecule is Cc1ccc(OC(C)C(=O)N2CCC(c3nc(-c4ccccn4)cc(=O)[nH]3)CC2)cc1. The molecule has 1 N–H and O–H groups in total. The van der Waals surface area contributed by atoms with Gasteiger partial charge in [-0.1, -0.05) is 23.8 Å². The Morgan fingerprint density at radius 1 is 1.13 bits per heavy atom. The summed E-state index contributed by atoms with van der Waals surface area (Å²) >= 11 is 0. The highest BCUT2D eigenvalue weighted by atomic mass is 16.5. The van der Waals surface area contributed by atoms with Gasteiger partial charge in [-0.05, 0) is 51.0 Å². The van der Waals surface area contributed by atoms with Gasteiger partial charge in [0, 0.05) is 31.3 Å². The number of aromatic nitrogens is 3. The summed E-state index contributed by atoms with van der Waals surface area (Å²) in [5.41, 5.74) is 2.19. The minimum atomic E-state index is -0.551. The molecule has 7 heteroatoms. The minimum Gasteiger partial charge on any atom is -0.481 e. The van der Waals surface area contributed by atoms with E-state index in [-0.39, 0.29) is 17.4 Å². The molecule has 0 saturated carbocycles. The van der Waals surface area contributed by atoms with E-state index in [0.29, 0.717) is 36.1 Å². The summed E-state index contributed by atoms with van der Waals surface area (Å²) in [6, 6.07) is 14.7. The summed E-state index contributed by atoms with van der Waals surface area (Å²) in [4.78, 5) is 38.6. The Labute approximate surface area is 181 Å². The number of ether oxygens (including phenoxy) is 1. The number of pyridine rings is 1. The van der Waals surface area contributed by atoms with Crippen molar-refractivity contribution in [3.05, 3.63) is 76.5 Å². The summed E-state index contributed by atoms with van der Waals surface area (Å²) < 4.78 is 5.82. The fourth-order valence-electron chi connectivity index (χ4n) is 3.82. The quantitative estimate of drug-likeness (QED) is 0.687. The molecule has 31 heavy (non-hydrogen) atoms. The fraction of sp³-hybridized carbons (Fsp3) is 0.333. The zero-order valence-corrected chi connectivity index (χ0v) is 17.7. The largest absolute Gasteiger partial charge is 0.481 e. The average molecular weight is 418 g/mol. The topological polar surface area (TPSA) is 88.2 Å². The van der Waals surface area contributed by atoms with Gasteiger partial charge in [0.1, 0.15) is 11.6 Å². The number of aromatic amines is 1. The second-order valence-electron chi connectivity index (χ2n) is 7.90. The third-order valence-electron chi connectivity index (χ3n) is 5.56. The molecule has 1 unspecified atom stereocenters. The van der Waals surface area contributed by atoms with Crippen LogP contribution in [0.2, 0.25) is 0 Å². The molecule has 1 atom stereocenters. The molecule has 3 aromatic rings. The standard InChI is InChI=1S/C24H26N4O3/c1-16-6-8-19(9-7-16)31-17(2)24(30)28-13-10-18(11-14-28)23-26-21(15-22(29)27-23)20-5-3-4-12-25-20/h3-9,12,15,17-18H,10-11,13-14H2,1-2H3,(H,26,27,29). The average Bonchev–Trinajstić information content (AvgIpc) is 2.80. The Morgan fingerprint density at radius 2 is 1.87 bits per heavy atom. The van der Waals surface area contributed by atoms with E-state index in [1.807, 2.05) is 54.3 Å². The number of carbonyl (C=O) groups excluding carboxylic acids is 1. The summed E-state index contributed by atoms with van der Waals surface area (Å²) in [5.74, 6) is 1.41. The van der Waals surface area contributed by atoms with Gasteiger partial charge in [-0.3, -0.25) is 14.6 Å². The molecule has 1 aliphatic heterocycles. The molecule has 1 fully saturated rings. The number of hydrogen-bond acceptors (Lipinski definition) is 5. The number of likely N-dealkylation sites (tertiary alicyclic amines) is 1. The van der Waals surface area contributed by atoms with Crippen molar-refractivity contribution in [2.75, 3.05) is 13.1 Å². The van der Waals surface area contributed by atoms with Crippen molar-refractivity contribution in [2.45, 2.75) is 38.7 Å². The van der Waals surface area contributed by atoms with Crippen LogP contribution in [0.1, 0.15) is 37.1 Å². The third kappa shape index (κ3) is 4.99. The lowest BCUT2D eigenvalue weighted by molar-refractivity contribution is -0.139. The predicted octanol–water partition coefficient (Wildman–Crippen LogP) is 3.31. The molecule has 1 aromatic carbocycles. The van der Waals surface area contributed by atoms with Gasteiger partial charge >= 0.3 is 0 Å². The van der Waals surface area contributed by atoms with Gasteiger partial charge in [-0.2, -0.15) is 0 Å². The lowest BCUT2D eigenvalue weighted by Crippen LogP contribution is -2.44. The smallest absolute Gasteiger partial charge is 0.263 e. The van der Waals surface area contributed by atoms with E-state index in [1.165, 1.54) is 6.07 Å². The molecule has 2 aromatic heterocycles. The molecule has 0 spiro atoms. The van der Waals surface area contributed by atoms with Crippen molar-refractivity contribution in [1.82, 2.24) is 19.9 Å². The van der Waals surface area contributed by atoms with Crippen molar-refractivity contribution in [3.8, 4) is 17.1 Å². The lowest BCUT2D eigenvalue weighted by Gasteiger charge is -2.33. The molecule has 0 radical (unpaired) electrons. The number of nitrogens with one attached hydrogen (secondary N) is 1. The highest BCUT2D eigenvalue weighted by Gasteiger charge is 2.29. The molecule has 1 aliphatic rings. The molecule has 7 nitrogen and oxygen atoms in total. The Morgan fingerprint density at radius 3 is 2.55 bits per heavy atom. The first-order chi connectivity index (χ1) is 15.0. The zero-order chi connectivity index (χ0) is 21.8. The maximum atomic E-state index is 12.8. The summed E-state index contributed by atoms with van der Waals surface area (Å²) in [7, 11) is 0. The predicted molar refractivity (Wildman–Crippen MR) is 118 cm³/mol. The zero-order valence-electron chi connectivity index (χ0n) is 17.7. The molecule has 1 saturated heterocycles. The number of piperidine rings is 1. The van der Waals surface area contributed by atoms with Crippen LogP contribution in [0.3, 0.4) is 0 Å².